The minimum atomic E-state index is -0.383. The average Bonchev–Trinajstić information content (AvgIpc) is 2.83. The zero-order valence-corrected chi connectivity index (χ0v) is 22.4. The molecule has 0 bridgehead atoms. The number of amides is 1. The van der Waals surface area contributed by atoms with Crippen molar-refractivity contribution >= 4 is 40.8 Å². The fraction of sp³-hybridized carbons (Fsp3) is 0.429. The predicted molar refractivity (Wildman–Crippen MR) is 150 cm³/mol. The molecule has 1 fully saturated rings. The van der Waals surface area contributed by atoms with Crippen LogP contribution in [0.4, 0.5) is 5.69 Å². The standard InChI is InChI=1S/C28H35Cl2N5O/c1-18-16-35(17-19(2)32-18)28(33-22-6-4-3-5-7-22)34-23-11-8-20(9-12-23)25(15-27(31)36)24-13-10-21(29)14-26(24)30/h3-4,8-14,18-19,22,25,32H,5-7,15-17H2,1-2H3,(H2,31,36)(H,33,34). The van der Waals surface area contributed by atoms with Gasteiger partial charge in [-0.05, 0) is 68.5 Å². The molecule has 8 heteroatoms. The van der Waals surface area contributed by atoms with Crippen LogP contribution in [0, 0.1) is 0 Å². The van der Waals surface area contributed by atoms with Gasteiger partial charge < -0.3 is 21.3 Å². The number of hydrogen-bond acceptors (Lipinski definition) is 3. The van der Waals surface area contributed by atoms with Crippen LogP contribution in [0.3, 0.4) is 0 Å². The number of aliphatic imine (C=N–C) groups is 1. The van der Waals surface area contributed by atoms with Crippen molar-refractivity contribution in [3.05, 3.63) is 75.8 Å². The van der Waals surface area contributed by atoms with E-state index >= 15 is 0 Å². The van der Waals surface area contributed by atoms with Gasteiger partial charge in [0.1, 0.15) is 0 Å². The van der Waals surface area contributed by atoms with Crippen LogP contribution >= 0.6 is 23.2 Å². The second kappa shape index (κ2) is 12.1. The number of carbonyl (C=O) groups is 1. The van der Waals surface area contributed by atoms with Crippen LogP contribution in [0.25, 0.3) is 0 Å². The Hall–Kier alpha value is -2.54. The first-order chi connectivity index (χ1) is 17.3. The highest BCUT2D eigenvalue weighted by Gasteiger charge is 2.25. The lowest BCUT2D eigenvalue weighted by atomic mass is 9.88. The summed E-state index contributed by atoms with van der Waals surface area (Å²) in [4.78, 5) is 19.4. The van der Waals surface area contributed by atoms with Crippen molar-refractivity contribution in [2.45, 2.75) is 63.6 Å². The summed E-state index contributed by atoms with van der Waals surface area (Å²) in [5.41, 5.74) is 8.33. The van der Waals surface area contributed by atoms with Crippen molar-refractivity contribution in [1.82, 2.24) is 10.2 Å². The van der Waals surface area contributed by atoms with E-state index in [1.165, 1.54) is 0 Å². The Kier molecular flexibility index (Phi) is 8.94. The number of halogens is 2. The Labute approximate surface area is 223 Å². The first-order valence-electron chi connectivity index (χ1n) is 12.6. The number of guanidine groups is 1. The van der Waals surface area contributed by atoms with Gasteiger partial charge in [-0.2, -0.15) is 0 Å². The molecular weight excluding hydrogens is 493 g/mol. The SMILES string of the molecule is CC1CN(C(=NC2CC=CCC2)Nc2ccc(C(CC(N)=O)c3ccc(Cl)cc3Cl)cc2)CC(C)N1. The molecule has 192 valence electrons. The van der Waals surface area contributed by atoms with Crippen molar-refractivity contribution in [3.63, 3.8) is 0 Å². The number of nitrogens with one attached hydrogen (secondary N) is 2. The fourth-order valence-electron chi connectivity index (χ4n) is 5.08. The van der Waals surface area contributed by atoms with Crippen LogP contribution in [-0.2, 0) is 4.79 Å². The number of primary amides is 1. The maximum Gasteiger partial charge on any atom is 0.218 e. The third-order valence-corrected chi connectivity index (χ3v) is 7.28. The zero-order valence-electron chi connectivity index (χ0n) is 20.9. The van der Waals surface area contributed by atoms with Crippen molar-refractivity contribution in [2.75, 3.05) is 18.4 Å². The van der Waals surface area contributed by atoms with Crippen LogP contribution in [-0.4, -0.2) is 48.0 Å². The van der Waals surface area contributed by atoms with E-state index in [2.05, 4.69) is 41.5 Å². The monoisotopic (exact) mass is 527 g/mol. The van der Waals surface area contributed by atoms with Gasteiger partial charge in [0.05, 0.1) is 6.04 Å². The highest BCUT2D eigenvalue weighted by molar-refractivity contribution is 6.35. The van der Waals surface area contributed by atoms with Gasteiger partial charge in [-0.15, -0.1) is 0 Å². The lowest BCUT2D eigenvalue weighted by Crippen LogP contribution is -2.57. The number of benzene rings is 2. The molecule has 0 radical (unpaired) electrons. The summed E-state index contributed by atoms with van der Waals surface area (Å²) in [5.74, 6) is 0.280. The molecule has 1 heterocycles. The molecule has 2 aromatic rings. The molecular formula is C28H35Cl2N5O. The summed E-state index contributed by atoms with van der Waals surface area (Å²) in [7, 11) is 0. The molecule has 4 atom stereocenters. The van der Waals surface area contributed by atoms with Gasteiger partial charge in [0, 0.05) is 53.2 Å². The molecule has 1 saturated heterocycles. The van der Waals surface area contributed by atoms with E-state index in [1.54, 1.807) is 12.1 Å². The summed E-state index contributed by atoms with van der Waals surface area (Å²) in [6.07, 6.45) is 7.73. The first-order valence-corrected chi connectivity index (χ1v) is 13.4. The van der Waals surface area contributed by atoms with E-state index in [1.807, 2.05) is 30.3 Å². The molecule has 1 amide bonds. The normalized spacial score (nSPS) is 23.4. The summed E-state index contributed by atoms with van der Waals surface area (Å²) in [6, 6.07) is 14.5. The Morgan fingerprint density at radius 3 is 2.47 bits per heavy atom. The van der Waals surface area contributed by atoms with Crippen molar-refractivity contribution in [2.24, 2.45) is 10.7 Å². The molecule has 6 nitrogen and oxygen atoms in total. The topological polar surface area (TPSA) is 82.8 Å². The van der Waals surface area contributed by atoms with Gasteiger partial charge in [-0.1, -0.05) is 53.6 Å². The summed E-state index contributed by atoms with van der Waals surface area (Å²) < 4.78 is 0. The van der Waals surface area contributed by atoms with Crippen molar-refractivity contribution < 1.29 is 4.79 Å². The third kappa shape index (κ3) is 7.02. The second-order valence-corrected chi connectivity index (χ2v) is 10.7. The number of carbonyl (C=O) groups excluding carboxylic acids is 1. The Morgan fingerprint density at radius 2 is 1.86 bits per heavy atom. The van der Waals surface area contributed by atoms with Crippen LogP contribution in [0.15, 0.2) is 59.6 Å². The summed E-state index contributed by atoms with van der Waals surface area (Å²) in [6.45, 7) is 6.21. The summed E-state index contributed by atoms with van der Waals surface area (Å²) >= 11 is 12.6. The summed E-state index contributed by atoms with van der Waals surface area (Å²) in [5, 5.41) is 8.27. The number of piperazine rings is 1. The van der Waals surface area contributed by atoms with Crippen molar-refractivity contribution in [1.29, 1.82) is 0 Å². The van der Waals surface area contributed by atoms with Crippen LogP contribution in [0.1, 0.15) is 56.6 Å². The van der Waals surface area contributed by atoms with E-state index in [4.69, 9.17) is 33.9 Å². The number of allylic oxidation sites excluding steroid dienone is 1. The van der Waals surface area contributed by atoms with E-state index < -0.39 is 0 Å². The third-order valence-electron chi connectivity index (χ3n) is 6.72. The van der Waals surface area contributed by atoms with Gasteiger partial charge in [-0.3, -0.25) is 4.79 Å². The van der Waals surface area contributed by atoms with Crippen LogP contribution in [0.2, 0.25) is 10.0 Å². The fourth-order valence-corrected chi connectivity index (χ4v) is 5.62. The van der Waals surface area contributed by atoms with E-state index in [-0.39, 0.29) is 24.3 Å². The van der Waals surface area contributed by atoms with Crippen LogP contribution < -0.4 is 16.4 Å². The zero-order chi connectivity index (χ0) is 25.7. The highest BCUT2D eigenvalue weighted by Crippen LogP contribution is 2.35. The Bertz CT molecular complexity index is 1110. The predicted octanol–water partition coefficient (Wildman–Crippen LogP) is 5.56. The molecule has 0 aromatic heterocycles. The van der Waals surface area contributed by atoms with Gasteiger partial charge in [0.25, 0.3) is 0 Å². The molecule has 4 N–H and O–H groups in total. The molecule has 1 aliphatic carbocycles. The van der Waals surface area contributed by atoms with Gasteiger partial charge in [0.2, 0.25) is 5.91 Å². The number of hydrogen-bond donors (Lipinski definition) is 3. The minimum absolute atomic E-state index is 0.159. The first kappa shape index (κ1) is 26.5. The molecule has 2 aliphatic rings. The van der Waals surface area contributed by atoms with Gasteiger partial charge in [0.15, 0.2) is 5.96 Å². The number of nitrogens with two attached hydrogens (primary N) is 1. The minimum Gasteiger partial charge on any atom is -0.370 e. The quantitative estimate of drug-likeness (QED) is 0.261. The maximum absolute atomic E-state index is 11.9. The van der Waals surface area contributed by atoms with E-state index in [0.717, 1.165) is 55.1 Å². The Morgan fingerprint density at radius 1 is 1.14 bits per heavy atom. The molecule has 4 unspecified atom stereocenters. The van der Waals surface area contributed by atoms with Gasteiger partial charge >= 0.3 is 0 Å². The smallest absolute Gasteiger partial charge is 0.218 e. The molecule has 1 aliphatic heterocycles. The lowest BCUT2D eigenvalue weighted by Gasteiger charge is -2.38. The number of rotatable bonds is 6. The molecule has 4 rings (SSSR count). The molecule has 0 spiro atoms. The molecule has 36 heavy (non-hydrogen) atoms. The second-order valence-electron chi connectivity index (χ2n) is 9.90. The lowest BCUT2D eigenvalue weighted by molar-refractivity contribution is -0.118. The molecule has 0 saturated carbocycles. The van der Waals surface area contributed by atoms with Gasteiger partial charge in [-0.25, -0.2) is 4.99 Å². The van der Waals surface area contributed by atoms with Crippen molar-refractivity contribution in [3.8, 4) is 0 Å². The number of nitrogens with zero attached hydrogens (tertiary/aromatic N) is 2. The van der Waals surface area contributed by atoms with E-state index in [0.29, 0.717) is 22.1 Å². The Balaban J connectivity index is 1.58. The maximum atomic E-state index is 11.9. The van der Waals surface area contributed by atoms with E-state index in [9.17, 15) is 4.79 Å². The number of anilines is 1. The highest BCUT2D eigenvalue weighted by atomic mass is 35.5. The average molecular weight is 529 g/mol. The largest absolute Gasteiger partial charge is 0.370 e. The molecule has 2 aromatic carbocycles. The van der Waals surface area contributed by atoms with Crippen LogP contribution in [0.5, 0.6) is 0 Å².